The first-order valence-electron chi connectivity index (χ1n) is 9.10. The number of fused-ring (bicyclic) bond motifs is 1. The van der Waals surface area contributed by atoms with Crippen molar-refractivity contribution < 1.29 is 19.7 Å². The van der Waals surface area contributed by atoms with Crippen LogP contribution in [0.4, 0.5) is 4.79 Å². The zero-order valence-electron chi connectivity index (χ0n) is 14.0. The third-order valence-electron chi connectivity index (χ3n) is 6.34. The molecule has 0 saturated heterocycles. The summed E-state index contributed by atoms with van der Waals surface area (Å²) in [5.41, 5.74) is 0.430. The van der Waals surface area contributed by atoms with Gasteiger partial charge in [-0.2, -0.15) is 0 Å². The number of hydrogen-bond acceptors (Lipinski definition) is 5. The lowest BCUT2D eigenvalue weighted by molar-refractivity contribution is -0.127. The summed E-state index contributed by atoms with van der Waals surface area (Å²) < 4.78 is 7.39. The number of aromatic nitrogens is 2. The average Bonchev–Trinajstić information content (AvgIpc) is 2.93. The first kappa shape index (κ1) is 15.2. The number of phenolic OH excluding ortho intramolecular Hbond substituents is 1. The van der Waals surface area contributed by atoms with E-state index in [2.05, 4.69) is 4.98 Å². The highest BCUT2D eigenvalue weighted by Gasteiger charge is 2.53. The number of para-hydroxylation sites is 1. The molecule has 1 heterocycles. The minimum atomic E-state index is -0.487. The zero-order valence-corrected chi connectivity index (χ0v) is 14.0. The predicted molar refractivity (Wildman–Crippen MR) is 90.1 cm³/mol. The van der Waals surface area contributed by atoms with Crippen LogP contribution in [0.25, 0.3) is 11.0 Å². The van der Waals surface area contributed by atoms with E-state index < -0.39 is 6.09 Å². The summed E-state index contributed by atoms with van der Waals surface area (Å²) in [5.74, 6) is 2.24. The third kappa shape index (κ3) is 2.27. The molecule has 0 unspecified atom stereocenters. The molecule has 0 radical (unpaired) electrons. The molecular formula is C19H22N2O4. The Balaban J connectivity index is 1.51. The van der Waals surface area contributed by atoms with E-state index in [0.29, 0.717) is 28.8 Å². The van der Waals surface area contributed by atoms with E-state index in [1.807, 2.05) is 0 Å². The zero-order chi connectivity index (χ0) is 17.2. The smallest absolute Gasteiger partial charge is 0.420 e. The maximum absolute atomic E-state index is 13.0. The maximum atomic E-state index is 13.0. The highest BCUT2D eigenvalue weighted by Crippen LogP contribution is 2.57. The van der Waals surface area contributed by atoms with Crippen molar-refractivity contribution in [3.63, 3.8) is 0 Å². The van der Waals surface area contributed by atoms with Gasteiger partial charge in [-0.1, -0.05) is 6.07 Å². The number of ether oxygens (including phenoxy) is 1. The second-order valence-electron chi connectivity index (χ2n) is 8.13. The van der Waals surface area contributed by atoms with Gasteiger partial charge in [0, 0.05) is 0 Å². The van der Waals surface area contributed by atoms with Crippen molar-refractivity contribution in [3.8, 4) is 5.75 Å². The molecule has 4 fully saturated rings. The SMILES string of the molecule is O=C(OC12CC3CC(CC(C3)C1)C2)n1c(CO)nc2c(O)cccc21. The summed E-state index contributed by atoms with van der Waals surface area (Å²) in [6.45, 7) is -0.385. The molecule has 4 saturated carbocycles. The number of aliphatic hydroxyl groups excluding tert-OH is 1. The number of rotatable bonds is 2. The molecular weight excluding hydrogens is 320 g/mol. The van der Waals surface area contributed by atoms with Crippen molar-refractivity contribution in [1.29, 1.82) is 0 Å². The van der Waals surface area contributed by atoms with Crippen molar-refractivity contribution in [1.82, 2.24) is 9.55 Å². The van der Waals surface area contributed by atoms with Gasteiger partial charge in [-0.3, -0.25) is 0 Å². The molecule has 0 aliphatic heterocycles. The van der Waals surface area contributed by atoms with Crippen LogP contribution in [0.3, 0.4) is 0 Å². The standard InChI is InChI=1S/C19H22N2O4/c22-10-16-20-17-14(2-1-3-15(17)23)21(16)18(24)25-19-7-11-4-12(8-19)6-13(5-11)9-19/h1-3,11-13,22-23H,4-10H2. The first-order valence-corrected chi connectivity index (χ1v) is 9.10. The van der Waals surface area contributed by atoms with Gasteiger partial charge < -0.3 is 14.9 Å². The molecule has 25 heavy (non-hydrogen) atoms. The van der Waals surface area contributed by atoms with E-state index in [1.54, 1.807) is 12.1 Å². The molecule has 4 aliphatic carbocycles. The summed E-state index contributed by atoms with van der Waals surface area (Å²) in [7, 11) is 0. The van der Waals surface area contributed by atoms with Crippen molar-refractivity contribution in [2.24, 2.45) is 17.8 Å². The Bertz CT molecular complexity index is 821. The fourth-order valence-electron chi connectivity index (χ4n) is 5.83. The van der Waals surface area contributed by atoms with Gasteiger partial charge >= 0.3 is 6.09 Å². The van der Waals surface area contributed by atoms with E-state index in [1.165, 1.54) is 29.9 Å². The van der Waals surface area contributed by atoms with Crippen LogP contribution in [0, 0.1) is 17.8 Å². The van der Waals surface area contributed by atoms with Crippen LogP contribution in [0.5, 0.6) is 5.75 Å². The van der Waals surface area contributed by atoms with Crippen LogP contribution >= 0.6 is 0 Å². The molecule has 0 amide bonds. The molecule has 2 N–H and O–H groups in total. The van der Waals surface area contributed by atoms with Gasteiger partial charge in [-0.25, -0.2) is 14.3 Å². The van der Waals surface area contributed by atoms with Crippen molar-refractivity contribution in [3.05, 3.63) is 24.0 Å². The Kier molecular flexibility index (Phi) is 3.17. The first-order chi connectivity index (χ1) is 12.1. The third-order valence-corrected chi connectivity index (χ3v) is 6.34. The average molecular weight is 342 g/mol. The van der Waals surface area contributed by atoms with E-state index in [0.717, 1.165) is 19.3 Å². The van der Waals surface area contributed by atoms with Crippen molar-refractivity contribution in [2.45, 2.75) is 50.7 Å². The van der Waals surface area contributed by atoms with Gasteiger partial charge in [0.05, 0.1) is 5.52 Å². The van der Waals surface area contributed by atoms with E-state index in [9.17, 15) is 15.0 Å². The van der Waals surface area contributed by atoms with E-state index in [4.69, 9.17) is 4.74 Å². The van der Waals surface area contributed by atoms with Crippen molar-refractivity contribution in [2.75, 3.05) is 0 Å². The quantitative estimate of drug-likeness (QED) is 0.875. The second-order valence-corrected chi connectivity index (χ2v) is 8.13. The summed E-state index contributed by atoms with van der Waals surface area (Å²) in [6.07, 6.45) is 6.21. The van der Waals surface area contributed by atoms with Gasteiger partial charge in [-0.05, 0) is 68.4 Å². The molecule has 4 bridgehead atoms. The Labute approximate surface area is 145 Å². The lowest BCUT2D eigenvalue weighted by atomic mass is 9.54. The normalized spacial score (nSPS) is 33.1. The topological polar surface area (TPSA) is 84.6 Å². The summed E-state index contributed by atoms with van der Waals surface area (Å²) in [5, 5.41) is 19.6. The van der Waals surface area contributed by atoms with Crippen LogP contribution in [-0.2, 0) is 11.3 Å². The van der Waals surface area contributed by atoms with Crippen LogP contribution in [0.15, 0.2) is 18.2 Å². The van der Waals surface area contributed by atoms with Gasteiger partial charge in [-0.15, -0.1) is 0 Å². The lowest BCUT2D eigenvalue weighted by Crippen LogP contribution is -2.53. The number of hydrogen-bond donors (Lipinski definition) is 2. The number of aliphatic hydroxyl groups is 1. The largest absolute Gasteiger partial charge is 0.506 e. The highest BCUT2D eigenvalue weighted by molar-refractivity contribution is 5.90. The van der Waals surface area contributed by atoms with Gasteiger partial charge in [0.1, 0.15) is 29.3 Å². The number of nitrogens with zero attached hydrogens (tertiary/aromatic N) is 2. The lowest BCUT2D eigenvalue weighted by Gasteiger charge is -2.55. The van der Waals surface area contributed by atoms with Gasteiger partial charge in [0.2, 0.25) is 0 Å². The number of phenols is 1. The van der Waals surface area contributed by atoms with Gasteiger partial charge in [0.25, 0.3) is 0 Å². The van der Waals surface area contributed by atoms with Crippen molar-refractivity contribution >= 4 is 17.1 Å². The number of carbonyl (C=O) groups is 1. The summed E-state index contributed by atoms with van der Waals surface area (Å²) >= 11 is 0. The Morgan fingerprint density at radius 2 is 1.84 bits per heavy atom. The van der Waals surface area contributed by atoms with Crippen LogP contribution < -0.4 is 0 Å². The Morgan fingerprint density at radius 3 is 2.44 bits per heavy atom. The minimum Gasteiger partial charge on any atom is -0.506 e. The highest BCUT2D eigenvalue weighted by atomic mass is 16.6. The fourth-order valence-corrected chi connectivity index (χ4v) is 5.83. The number of benzene rings is 1. The maximum Gasteiger partial charge on any atom is 0.420 e. The number of carbonyl (C=O) groups excluding carboxylic acids is 1. The molecule has 2 aromatic rings. The minimum absolute atomic E-state index is 0.00597. The Morgan fingerprint density at radius 1 is 1.20 bits per heavy atom. The monoisotopic (exact) mass is 342 g/mol. The Hall–Kier alpha value is -2.08. The molecule has 1 aromatic heterocycles. The summed E-state index contributed by atoms with van der Waals surface area (Å²) in [6, 6.07) is 4.89. The molecule has 6 rings (SSSR count). The molecule has 4 aliphatic rings. The molecule has 0 atom stereocenters. The van der Waals surface area contributed by atoms with Crippen LogP contribution in [0.1, 0.15) is 44.3 Å². The van der Waals surface area contributed by atoms with E-state index in [-0.39, 0.29) is 23.8 Å². The molecule has 0 spiro atoms. The van der Waals surface area contributed by atoms with E-state index >= 15 is 0 Å². The molecule has 6 heteroatoms. The second kappa shape index (κ2) is 5.21. The number of imidazole rings is 1. The number of aromatic hydroxyl groups is 1. The van der Waals surface area contributed by atoms with Crippen LogP contribution in [0.2, 0.25) is 0 Å². The van der Waals surface area contributed by atoms with Gasteiger partial charge in [0.15, 0.2) is 0 Å². The predicted octanol–water partition coefficient (Wildman–Crippen LogP) is 3.19. The molecule has 6 nitrogen and oxygen atoms in total. The fraction of sp³-hybridized carbons (Fsp3) is 0.579. The molecule has 1 aromatic carbocycles. The summed E-state index contributed by atoms with van der Waals surface area (Å²) in [4.78, 5) is 17.2. The van der Waals surface area contributed by atoms with Crippen LogP contribution in [-0.4, -0.2) is 31.5 Å². The molecule has 132 valence electrons.